The van der Waals surface area contributed by atoms with Crippen LogP contribution >= 0.6 is 11.6 Å². The van der Waals surface area contributed by atoms with Gasteiger partial charge in [-0.1, -0.05) is 6.92 Å². The molecule has 1 aromatic rings. The lowest BCUT2D eigenvalue weighted by Gasteiger charge is -2.13. The Morgan fingerprint density at radius 3 is 2.72 bits per heavy atom. The van der Waals surface area contributed by atoms with E-state index in [1.807, 2.05) is 20.8 Å². The second-order valence-corrected chi connectivity index (χ2v) is 4.10. The highest BCUT2D eigenvalue weighted by molar-refractivity contribution is 6.28. The van der Waals surface area contributed by atoms with Crippen LogP contribution in [0, 0.1) is 0 Å². The van der Waals surface area contributed by atoms with Crippen molar-refractivity contribution in [3.8, 4) is 6.01 Å². The Balaban J connectivity index is 2.61. The van der Waals surface area contributed by atoms with Gasteiger partial charge in [0.05, 0.1) is 13.2 Å². The van der Waals surface area contributed by atoms with Gasteiger partial charge in [-0.15, -0.1) is 0 Å². The first kappa shape index (κ1) is 14.9. The zero-order chi connectivity index (χ0) is 13.4. The molecule has 0 spiro atoms. The highest BCUT2D eigenvalue weighted by Crippen LogP contribution is 2.12. The minimum Gasteiger partial charge on any atom is -0.463 e. The molecule has 7 heteroatoms. The third-order valence-corrected chi connectivity index (χ3v) is 2.14. The molecule has 1 atom stereocenters. The van der Waals surface area contributed by atoms with Crippen molar-refractivity contribution in [1.82, 2.24) is 15.0 Å². The summed E-state index contributed by atoms with van der Waals surface area (Å²) in [5.74, 6) is 0.397. The van der Waals surface area contributed by atoms with Crippen LogP contribution < -0.4 is 10.1 Å². The summed E-state index contributed by atoms with van der Waals surface area (Å²) in [6.45, 7) is 7.73. The second kappa shape index (κ2) is 8.05. The second-order valence-electron chi connectivity index (χ2n) is 3.76. The highest BCUT2D eigenvalue weighted by Gasteiger charge is 2.08. The van der Waals surface area contributed by atoms with Gasteiger partial charge in [-0.25, -0.2) is 0 Å². The van der Waals surface area contributed by atoms with E-state index in [9.17, 15) is 0 Å². The summed E-state index contributed by atoms with van der Waals surface area (Å²) < 4.78 is 10.6. The maximum absolute atomic E-state index is 5.80. The predicted octanol–water partition coefficient (Wildman–Crippen LogP) is 2.15. The molecule has 102 valence electrons. The van der Waals surface area contributed by atoms with E-state index in [1.54, 1.807) is 0 Å². The SMILES string of the molecule is CCCOc1nc(Cl)nc(NC(C)COCC)n1. The Bertz CT molecular complexity index is 365. The molecule has 0 aliphatic heterocycles. The summed E-state index contributed by atoms with van der Waals surface area (Å²) in [5, 5.41) is 3.20. The third-order valence-electron chi connectivity index (χ3n) is 1.97. The molecule has 1 N–H and O–H groups in total. The number of rotatable bonds is 8. The van der Waals surface area contributed by atoms with E-state index in [2.05, 4.69) is 20.3 Å². The van der Waals surface area contributed by atoms with E-state index in [-0.39, 0.29) is 17.3 Å². The molecule has 0 aliphatic rings. The van der Waals surface area contributed by atoms with Gasteiger partial charge >= 0.3 is 6.01 Å². The average molecular weight is 275 g/mol. The zero-order valence-electron chi connectivity index (χ0n) is 10.9. The maximum Gasteiger partial charge on any atom is 0.322 e. The van der Waals surface area contributed by atoms with Crippen molar-refractivity contribution in [3.05, 3.63) is 5.28 Å². The number of hydrogen-bond acceptors (Lipinski definition) is 6. The van der Waals surface area contributed by atoms with E-state index in [0.717, 1.165) is 6.42 Å². The summed E-state index contributed by atoms with van der Waals surface area (Å²) >= 11 is 5.80. The summed E-state index contributed by atoms with van der Waals surface area (Å²) in [7, 11) is 0. The molecule has 1 aromatic heterocycles. The number of anilines is 1. The van der Waals surface area contributed by atoms with E-state index >= 15 is 0 Å². The Morgan fingerprint density at radius 2 is 2.06 bits per heavy atom. The van der Waals surface area contributed by atoms with Crippen molar-refractivity contribution in [2.45, 2.75) is 33.2 Å². The predicted molar refractivity (Wildman–Crippen MR) is 70.2 cm³/mol. The normalized spacial score (nSPS) is 12.2. The molecule has 6 nitrogen and oxygen atoms in total. The summed E-state index contributed by atoms with van der Waals surface area (Å²) in [4.78, 5) is 12.0. The van der Waals surface area contributed by atoms with Crippen LogP contribution in [0.25, 0.3) is 0 Å². The molecule has 18 heavy (non-hydrogen) atoms. The maximum atomic E-state index is 5.80. The van der Waals surface area contributed by atoms with Crippen LogP contribution in [-0.4, -0.2) is 40.8 Å². The minimum atomic E-state index is 0.0856. The number of hydrogen-bond donors (Lipinski definition) is 1. The lowest BCUT2D eigenvalue weighted by atomic mass is 10.4. The van der Waals surface area contributed by atoms with Crippen molar-refractivity contribution in [1.29, 1.82) is 0 Å². The lowest BCUT2D eigenvalue weighted by molar-refractivity contribution is 0.141. The fourth-order valence-electron chi connectivity index (χ4n) is 1.21. The van der Waals surface area contributed by atoms with Crippen molar-refractivity contribution < 1.29 is 9.47 Å². The van der Waals surface area contributed by atoms with Crippen molar-refractivity contribution >= 4 is 17.5 Å². The van der Waals surface area contributed by atoms with Gasteiger partial charge in [0.25, 0.3) is 0 Å². The number of nitrogens with zero attached hydrogens (tertiary/aromatic N) is 3. The van der Waals surface area contributed by atoms with Crippen LogP contribution in [0.2, 0.25) is 5.28 Å². The van der Waals surface area contributed by atoms with Crippen LogP contribution in [0.4, 0.5) is 5.95 Å². The number of ether oxygens (including phenoxy) is 2. The number of aromatic nitrogens is 3. The summed E-state index contributed by atoms with van der Waals surface area (Å²) in [6, 6.07) is 0.324. The molecule has 0 aromatic carbocycles. The van der Waals surface area contributed by atoms with E-state index in [0.29, 0.717) is 25.8 Å². The van der Waals surface area contributed by atoms with Crippen LogP contribution in [0.1, 0.15) is 27.2 Å². The van der Waals surface area contributed by atoms with Crippen LogP contribution in [0.15, 0.2) is 0 Å². The summed E-state index contributed by atoms with van der Waals surface area (Å²) in [5.41, 5.74) is 0. The first-order valence-electron chi connectivity index (χ1n) is 6.04. The van der Waals surface area contributed by atoms with Crippen molar-refractivity contribution in [2.75, 3.05) is 25.1 Å². The van der Waals surface area contributed by atoms with Gasteiger partial charge in [-0.3, -0.25) is 0 Å². The average Bonchev–Trinajstić information content (AvgIpc) is 2.33. The fourth-order valence-corrected chi connectivity index (χ4v) is 1.36. The summed E-state index contributed by atoms with van der Waals surface area (Å²) in [6.07, 6.45) is 0.882. The van der Waals surface area contributed by atoms with E-state index in [4.69, 9.17) is 21.1 Å². The smallest absolute Gasteiger partial charge is 0.322 e. The van der Waals surface area contributed by atoms with Crippen LogP contribution in [0.3, 0.4) is 0 Å². The van der Waals surface area contributed by atoms with Gasteiger partial charge in [0.15, 0.2) is 0 Å². The minimum absolute atomic E-state index is 0.0856. The Morgan fingerprint density at radius 1 is 1.28 bits per heavy atom. The molecule has 0 saturated heterocycles. The quantitative estimate of drug-likeness (QED) is 0.783. The largest absolute Gasteiger partial charge is 0.463 e. The highest BCUT2D eigenvalue weighted by atomic mass is 35.5. The molecule has 1 heterocycles. The van der Waals surface area contributed by atoms with Crippen molar-refractivity contribution in [2.24, 2.45) is 0 Å². The standard InChI is InChI=1S/C11H19ClN4O2/c1-4-6-18-11-15-9(12)14-10(16-11)13-8(3)7-17-5-2/h8H,4-7H2,1-3H3,(H,13,14,15,16). The Hall–Kier alpha value is -1.14. The van der Waals surface area contributed by atoms with Crippen LogP contribution in [-0.2, 0) is 4.74 Å². The molecule has 0 amide bonds. The topological polar surface area (TPSA) is 69.2 Å². The fraction of sp³-hybridized carbons (Fsp3) is 0.727. The molecule has 0 fully saturated rings. The molecule has 0 radical (unpaired) electrons. The first-order chi connectivity index (χ1) is 8.65. The zero-order valence-corrected chi connectivity index (χ0v) is 11.7. The molecule has 1 unspecified atom stereocenters. The number of halogens is 1. The van der Waals surface area contributed by atoms with Gasteiger partial charge in [0.1, 0.15) is 0 Å². The molecule has 0 saturated carbocycles. The first-order valence-corrected chi connectivity index (χ1v) is 6.42. The van der Waals surface area contributed by atoms with E-state index in [1.165, 1.54) is 0 Å². The molecule has 0 bridgehead atoms. The van der Waals surface area contributed by atoms with E-state index < -0.39 is 0 Å². The van der Waals surface area contributed by atoms with Crippen LogP contribution in [0.5, 0.6) is 6.01 Å². The monoisotopic (exact) mass is 274 g/mol. The molecule has 1 rings (SSSR count). The lowest BCUT2D eigenvalue weighted by Crippen LogP contribution is -2.23. The van der Waals surface area contributed by atoms with Gasteiger partial charge < -0.3 is 14.8 Å². The third kappa shape index (κ3) is 5.46. The van der Waals surface area contributed by atoms with Gasteiger partial charge in [0.2, 0.25) is 11.2 Å². The Labute approximate surface area is 112 Å². The molecular formula is C11H19ClN4O2. The van der Waals surface area contributed by atoms with Crippen molar-refractivity contribution in [3.63, 3.8) is 0 Å². The number of nitrogens with one attached hydrogen (secondary N) is 1. The molecular weight excluding hydrogens is 256 g/mol. The Kier molecular flexibility index (Phi) is 6.67. The van der Waals surface area contributed by atoms with Gasteiger partial charge in [-0.2, -0.15) is 15.0 Å². The van der Waals surface area contributed by atoms with Gasteiger partial charge in [0, 0.05) is 12.6 Å². The van der Waals surface area contributed by atoms with Gasteiger partial charge in [-0.05, 0) is 31.9 Å². The molecule has 0 aliphatic carbocycles.